The fourth-order valence-electron chi connectivity index (χ4n) is 1.88. The molecule has 0 saturated carbocycles. The van der Waals surface area contributed by atoms with Crippen LogP contribution in [-0.2, 0) is 4.74 Å². The van der Waals surface area contributed by atoms with Gasteiger partial charge in [-0.3, -0.25) is 4.79 Å². The molecule has 0 radical (unpaired) electrons. The second-order valence-electron chi connectivity index (χ2n) is 3.87. The Labute approximate surface area is 92.2 Å². The maximum absolute atomic E-state index is 13.4. The molecule has 1 saturated heterocycles. The fourth-order valence-corrected chi connectivity index (χ4v) is 1.88. The van der Waals surface area contributed by atoms with Crippen molar-refractivity contribution >= 4 is 5.78 Å². The van der Waals surface area contributed by atoms with Crippen molar-refractivity contribution < 1.29 is 18.3 Å². The third-order valence-electron chi connectivity index (χ3n) is 2.74. The molecule has 0 aromatic heterocycles. The van der Waals surface area contributed by atoms with Gasteiger partial charge in [0.2, 0.25) is 0 Å². The highest BCUT2D eigenvalue weighted by atomic mass is 19.1. The summed E-state index contributed by atoms with van der Waals surface area (Å²) < 4.78 is 31.8. The minimum Gasteiger partial charge on any atom is -0.381 e. The predicted octanol–water partition coefficient (Wildman–Crippen LogP) is 2.57. The smallest absolute Gasteiger partial charge is 0.174 e. The zero-order valence-corrected chi connectivity index (χ0v) is 8.71. The summed E-state index contributed by atoms with van der Waals surface area (Å²) >= 11 is 0. The van der Waals surface area contributed by atoms with Crippen LogP contribution >= 0.6 is 0 Å². The van der Waals surface area contributed by atoms with Crippen LogP contribution in [0.3, 0.4) is 0 Å². The predicted molar refractivity (Wildman–Crippen MR) is 54.2 cm³/mol. The first-order valence-electron chi connectivity index (χ1n) is 5.26. The maximum atomic E-state index is 13.4. The van der Waals surface area contributed by atoms with E-state index in [0.717, 1.165) is 18.6 Å². The lowest BCUT2D eigenvalue weighted by Gasteiger charge is -2.21. The summed E-state index contributed by atoms with van der Waals surface area (Å²) in [5.41, 5.74) is -0.432. The van der Waals surface area contributed by atoms with E-state index in [-0.39, 0.29) is 6.61 Å². The van der Waals surface area contributed by atoms with Gasteiger partial charge >= 0.3 is 0 Å². The van der Waals surface area contributed by atoms with Crippen LogP contribution in [0.2, 0.25) is 0 Å². The quantitative estimate of drug-likeness (QED) is 0.724. The highest BCUT2D eigenvalue weighted by molar-refractivity contribution is 5.98. The number of ketones is 1. The van der Waals surface area contributed by atoms with E-state index in [9.17, 15) is 13.6 Å². The number of rotatable bonds is 2. The molecular weight excluding hydrogens is 214 g/mol. The van der Waals surface area contributed by atoms with Gasteiger partial charge in [-0.25, -0.2) is 8.78 Å². The van der Waals surface area contributed by atoms with Crippen molar-refractivity contribution in [1.29, 1.82) is 0 Å². The zero-order chi connectivity index (χ0) is 11.5. The van der Waals surface area contributed by atoms with Gasteiger partial charge in [-0.05, 0) is 25.0 Å². The van der Waals surface area contributed by atoms with E-state index in [0.29, 0.717) is 13.0 Å². The lowest BCUT2D eigenvalue weighted by molar-refractivity contribution is 0.0456. The molecule has 0 aliphatic carbocycles. The number of hydrogen-bond acceptors (Lipinski definition) is 2. The average Bonchev–Trinajstić information content (AvgIpc) is 2.30. The summed E-state index contributed by atoms with van der Waals surface area (Å²) in [7, 11) is 0. The largest absolute Gasteiger partial charge is 0.381 e. The molecule has 1 aromatic carbocycles. The van der Waals surface area contributed by atoms with Gasteiger partial charge in [-0.2, -0.15) is 0 Å². The van der Waals surface area contributed by atoms with Crippen LogP contribution in [0.15, 0.2) is 18.2 Å². The molecule has 1 atom stereocenters. The van der Waals surface area contributed by atoms with Gasteiger partial charge in [0.25, 0.3) is 0 Å². The van der Waals surface area contributed by atoms with Gasteiger partial charge in [0.15, 0.2) is 5.78 Å². The lowest BCUT2D eigenvalue weighted by Crippen LogP contribution is -2.26. The lowest BCUT2D eigenvalue weighted by atomic mass is 9.92. The van der Waals surface area contributed by atoms with Crippen molar-refractivity contribution in [3.63, 3.8) is 0 Å². The second kappa shape index (κ2) is 4.70. The van der Waals surface area contributed by atoms with Gasteiger partial charge in [-0.15, -0.1) is 0 Å². The van der Waals surface area contributed by atoms with Crippen LogP contribution in [0.4, 0.5) is 8.78 Å². The Morgan fingerprint density at radius 3 is 2.56 bits per heavy atom. The molecule has 2 nitrogen and oxygen atoms in total. The van der Waals surface area contributed by atoms with E-state index in [1.807, 2.05) is 0 Å². The van der Waals surface area contributed by atoms with Crippen LogP contribution < -0.4 is 0 Å². The molecule has 86 valence electrons. The van der Waals surface area contributed by atoms with Crippen LogP contribution in [0, 0.1) is 17.6 Å². The highest BCUT2D eigenvalue weighted by Gasteiger charge is 2.27. The van der Waals surface area contributed by atoms with E-state index in [1.54, 1.807) is 0 Å². The number of benzene rings is 1. The molecule has 1 unspecified atom stereocenters. The van der Waals surface area contributed by atoms with Crippen molar-refractivity contribution in [3.8, 4) is 0 Å². The molecule has 0 amide bonds. The summed E-state index contributed by atoms with van der Waals surface area (Å²) in [6.45, 7) is 0.871. The van der Waals surface area contributed by atoms with E-state index in [4.69, 9.17) is 4.74 Å². The molecule has 0 N–H and O–H groups in total. The van der Waals surface area contributed by atoms with Crippen LogP contribution in [0.1, 0.15) is 23.2 Å². The molecule has 1 fully saturated rings. The van der Waals surface area contributed by atoms with Gasteiger partial charge in [0.1, 0.15) is 11.6 Å². The fraction of sp³-hybridized carbons (Fsp3) is 0.417. The molecular formula is C12H12F2O2. The van der Waals surface area contributed by atoms with E-state index >= 15 is 0 Å². The summed E-state index contributed by atoms with van der Waals surface area (Å²) in [4.78, 5) is 11.9. The Morgan fingerprint density at radius 1 is 1.31 bits per heavy atom. The third kappa shape index (κ3) is 2.11. The Kier molecular flexibility index (Phi) is 3.29. The maximum Gasteiger partial charge on any atom is 0.174 e. The summed E-state index contributed by atoms with van der Waals surface area (Å²) in [5, 5.41) is 0. The number of carbonyl (C=O) groups is 1. The van der Waals surface area contributed by atoms with Crippen molar-refractivity contribution in [2.45, 2.75) is 12.8 Å². The molecule has 0 bridgehead atoms. The zero-order valence-electron chi connectivity index (χ0n) is 8.71. The molecule has 4 heteroatoms. The van der Waals surface area contributed by atoms with Gasteiger partial charge in [0, 0.05) is 12.5 Å². The Balaban J connectivity index is 2.26. The number of Topliss-reactive ketones (excluding diaryl/α,β-unsaturated/α-hetero) is 1. The first-order valence-corrected chi connectivity index (χ1v) is 5.26. The summed E-state index contributed by atoms with van der Waals surface area (Å²) in [6, 6.07) is 3.44. The van der Waals surface area contributed by atoms with Crippen molar-refractivity contribution in [2.24, 2.45) is 5.92 Å². The topological polar surface area (TPSA) is 26.3 Å². The minimum absolute atomic E-state index is 0.257. The number of halogens is 2. The van der Waals surface area contributed by atoms with Crippen molar-refractivity contribution in [2.75, 3.05) is 13.2 Å². The number of carbonyl (C=O) groups excluding carboxylic acids is 1. The highest BCUT2D eigenvalue weighted by Crippen LogP contribution is 2.22. The first kappa shape index (κ1) is 11.2. The monoisotopic (exact) mass is 226 g/mol. The Hall–Kier alpha value is -1.29. The van der Waals surface area contributed by atoms with Gasteiger partial charge < -0.3 is 4.74 Å². The van der Waals surface area contributed by atoms with E-state index < -0.39 is 28.9 Å². The number of hydrogen-bond donors (Lipinski definition) is 0. The van der Waals surface area contributed by atoms with Gasteiger partial charge in [-0.1, -0.05) is 6.07 Å². The Morgan fingerprint density at radius 2 is 2.00 bits per heavy atom. The molecule has 1 heterocycles. The molecule has 1 aliphatic rings. The SMILES string of the molecule is O=C(c1c(F)cccc1F)C1CCCOC1. The molecule has 0 spiro atoms. The van der Waals surface area contributed by atoms with Gasteiger partial charge in [0.05, 0.1) is 12.2 Å². The normalized spacial score (nSPS) is 20.8. The summed E-state index contributed by atoms with van der Waals surface area (Å²) in [6.07, 6.45) is 1.39. The first-order chi connectivity index (χ1) is 7.70. The van der Waals surface area contributed by atoms with Crippen LogP contribution in [0.5, 0.6) is 0 Å². The molecule has 1 aromatic rings. The summed E-state index contributed by atoms with van der Waals surface area (Å²) in [5.74, 6) is -2.50. The Bertz CT molecular complexity index is 378. The third-order valence-corrected chi connectivity index (χ3v) is 2.74. The average molecular weight is 226 g/mol. The molecule has 2 rings (SSSR count). The van der Waals surface area contributed by atoms with E-state index in [1.165, 1.54) is 6.07 Å². The van der Waals surface area contributed by atoms with E-state index in [2.05, 4.69) is 0 Å². The molecule has 1 aliphatic heterocycles. The minimum atomic E-state index is -0.796. The van der Waals surface area contributed by atoms with Crippen molar-refractivity contribution in [1.82, 2.24) is 0 Å². The van der Waals surface area contributed by atoms with Crippen molar-refractivity contribution in [3.05, 3.63) is 35.4 Å². The molecule has 16 heavy (non-hydrogen) atoms. The number of ether oxygens (including phenoxy) is 1. The second-order valence-corrected chi connectivity index (χ2v) is 3.87. The standard InChI is InChI=1S/C12H12F2O2/c13-9-4-1-5-10(14)11(9)12(15)8-3-2-6-16-7-8/h1,4-5,8H,2-3,6-7H2. The van der Waals surface area contributed by atoms with Crippen LogP contribution in [-0.4, -0.2) is 19.0 Å². The van der Waals surface area contributed by atoms with Crippen LogP contribution in [0.25, 0.3) is 0 Å².